The lowest BCUT2D eigenvalue weighted by atomic mass is 10.1. The van der Waals surface area contributed by atoms with E-state index < -0.39 is 17.6 Å². The van der Waals surface area contributed by atoms with E-state index >= 15 is 0 Å². The van der Waals surface area contributed by atoms with Crippen molar-refractivity contribution in [1.29, 1.82) is 0 Å². The van der Waals surface area contributed by atoms with Gasteiger partial charge in [-0.2, -0.15) is 22.8 Å². The Balaban J connectivity index is 1.44. The highest BCUT2D eigenvalue weighted by Crippen LogP contribution is 2.31. The fourth-order valence-electron chi connectivity index (χ4n) is 3.45. The number of halogens is 4. The van der Waals surface area contributed by atoms with E-state index in [1.54, 1.807) is 41.0 Å². The quantitative estimate of drug-likeness (QED) is 0.134. The Bertz CT molecular complexity index is 1380. The molecular weight excluding hydrogens is 529 g/mol. The number of nitrogens with zero attached hydrogens (tertiary/aromatic N) is 4. The van der Waals surface area contributed by atoms with E-state index in [9.17, 15) is 23.1 Å². The average Bonchev–Trinajstić information content (AvgIpc) is 3.21. The van der Waals surface area contributed by atoms with Crippen molar-refractivity contribution >= 4 is 33.3 Å². The number of benzene rings is 2. The molecule has 0 saturated heterocycles. The van der Waals surface area contributed by atoms with Crippen LogP contribution in [0.25, 0.3) is 16.9 Å². The Hall–Kier alpha value is -3.64. The lowest BCUT2D eigenvalue weighted by molar-refractivity contribution is -0.137. The number of hydrogen-bond donors (Lipinski definition) is 3. The fourth-order valence-corrected chi connectivity index (χ4v) is 3.80. The van der Waals surface area contributed by atoms with E-state index in [0.717, 1.165) is 17.1 Å². The van der Waals surface area contributed by atoms with Crippen LogP contribution in [0.2, 0.25) is 0 Å². The fraction of sp³-hybridized carbons (Fsp3) is 0.174. The van der Waals surface area contributed by atoms with E-state index in [1.807, 2.05) is 0 Å². The Morgan fingerprint density at radius 2 is 1.94 bits per heavy atom. The zero-order valence-corrected chi connectivity index (χ0v) is 19.7. The number of nitrogens with one attached hydrogen (secondary N) is 1. The van der Waals surface area contributed by atoms with Crippen LogP contribution in [-0.2, 0) is 6.18 Å². The summed E-state index contributed by atoms with van der Waals surface area (Å²) >= 11 is 3.42. The highest BCUT2D eigenvalue weighted by Gasteiger charge is 2.31. The van der Waals surface area contributed by atoms with Crippen molar-refractivity contribution in [2.45, 2.75) is 12.6 Å². The number of para-hydroxylation sites is 1. The molecule has 182 valence electrons. The number of aromatic nitrogens is 3. The number of fused-ring (bicyclic) bond motifs is 1. The third kappa shape index (κ3) is 5.38. The molecule has 0 spiro atoms. The number of alkyl halides is 3. The first-order valence-electron chi connectivity index (χ1n) is 10.5. The van der Waals surface area contributed by atoms with Crippen molar-refractivity contribution in [3.63, 3.8) is 0 Å². The first kappa shape index (κ1) is 24.5. The minimum absolute atomic E-state index is 0.0813. The van der Waals surface area contributed by atoms with Crippen molar-refractivity contribution in [2.75, 3.05) is 18.4 Å². The van der Waals surface area contributed by atoms with Crippen molar-refractivity contribution in [3.8, 4) is 17.0 Å². The van der Waals surface area contributed by atoms with Crippen LogP contribution in [-0.4, -0.2) is 43.7 Å². The number of amides is 1. The smallest absolute Gasteiger partial charge is 0.416 e. The van der Waals surface area contributed by atoms with Crippen LogP contribution in [0, 0.1) is 0 Å². The van der Waals surface area contributed by atoms with Gasteiger partial charge in [0, 0.05) is 30.3 Å². The molecule has 2 heterocycles. The predicted molar refractivity (Wildman–Crippen MR) is 128 cm³/mol. The van der Waals surface area contributed by atoms with Crippen LogP contribution in [0.3, 0.4) is 0 Å². The van der Waals surface area contributed by atoms with E-state index in [-0.39, 0.29) is 17.9 Å². The molecule has 4 N–H and O–H groups in total. The molecule has 0 radical (unpaired) electrons. The van der Waals surface area contributed by atoms with Crippen molar-refractivity contribution in [1.82, 2.24) is 19.6 Å². The third-order valence-corrected chi connectivity index (χ3v) is 5.75. The number of anilines is 1. The molecule has 0 atom stereocenters. The summed E-state index contributed by atoms with van der Waals surface area (Å²) in [4.78, 5) is 17.0. The van der Waals surface area contributed by atoms with Crippen LogP contribution < -0.4 is 11.2 Å². The number of rotatable bonds is 7. The summed E-state index contributed by atoms with van der Waals surface area (Å²) in [6.07, 6.45) is -2.55. The minimum Gasteiger partial charge on any atom is -0.507 e. The van der Waals surface area contributed by atoms with Gasteiger partial charge in [0.2, 0.25) is 0 Å². The van der Waals surface area contributed by atoms with Crippen LogP contribution in [0.5, 0.6) is 5.75 Å². The van der Waals surface area contributed by atoms with Gasteiger partial charge in [-0.25, -0.2) is 10.8 Å². The summed E-state index contributed by atoms with van der Waals surface area (Å²) < 4.78 is 41.0. The van der Waals surface area contributed by atoms with Gasteiger partial charge in [-0.3, -0.25) is 9.80 Å². The van der Waals surface area contributed by atoms with Crippen LogP contribution in [0.15, 0.2) is 65.3 Å². The van der Waals surface area contributed by atoms with Gasteiger partial charge >= 0.3 is 6.18 Å². The zero-order valence-electron chi connectivity index (χ0n) is 18.1. The first-order chi connectivity index (χ1) is 16.6. The molecule has 0 aliphatic carbocycles. The number of aromatic hydroxyl groups is 1. The summed E-state index contributed by atoms with van der Waals surface area (Å²) in [5.74, 6) is 5.77. The van der Waals surface area contributed by atoms with Crippen LogP contribution in [0.1, 0.15) is 22.3 Å². The van der Waals surface area contributed by atoms with E-state index in [4.69, 9.17) is 5.84 Å². The molecule has 0 aliphatic heterocycles. The normalized spacial score (nSPS) is 11.6. The van der Waals surface area contributed by atoms with Crippen molar-refractivity contribution in [3.05, 3.63) is 76.4 Å². The molecule has 2 aromatic heterocycles. The highest BCUT2D eigenvalue weighted by atomic mass is 79.9. The summed E-state index contributed by atoms with van der Waals surface area (Å²) in [5.41, 5.74) is 0.560. The molecule has 4 aromatic rings. The molecule has 12 heteroatoms. The van der Waals surface area contributed by atoms with Gasteiger partial charge in [-0.15, -0.1) is 0 Å². The minimum atomic E-state index is -4.55. The summed E-state index contributed by atoms with van der Waals surface area (Å²) in [7, 11) is 0. The molecule has 35 heavy (non-hydrogen) atoms. The summed E-state index contributed by atoms with van der Waals surface area (Å²) in [5, 5.41) is 18.6. The summed E-state index contributed by atoms with van der Waals surface area (Å²) in [6, 6.07) is 12.7. The molecule has 2 aromatic carbocycles. The maximum Gasteiger partial charge on any atom is 0.416 e. The SMILES string of the molecule is NN(CCCNc1cc(-c2ccccc2O)nc2c(Br)cnn12)C(=O)c1cccc(C(F)(F)F)c1. The van der Waals surface area contributed by atoms with Crippen molar-refractivity contribution < 1.29 is 23.1 Å². The second-order valence-corrected chi connectivity index (χ2v) is 8.48. The molecule has 0 unspecified atom stereocenters. The van der Waals surface area contributed by atoms with Gasteiger partial charge in [-0.1, -0.05) is 18.2 Å². The Morgan fingerprint density at radius 1 is 1.17 bits per heavy atom. The van der Waals surface area contributed by atoms with Gasteiger partial charge < -0.3 is 10.4 Å². The highest BCUT2D eigenvalue weighted by molar-refractivity contribution is 9.10. The monoisotopic (exact) mass is 548 g/mol. The maximum absolute atomic E-state index is 12.9. The van der Waals surface area contributed by atoms with Gasteiger partial charge in [-0.05, 0) is 52.7 Å². The number of nitrogens with two attached hydrogens (primary N) is 1. The molecule has 0 bridgehead atoms. The van der Waals surface area contributed by atoms with Crippen molar-refractivity contribution in [2.24, 2.45) is 5.84 Å². The predicted octanol–water partition coefficient (Wildman–Crippen LogP) is 4.70. The van der Waals surface area contributed by atoms with Gasteiger partial charge in [0.25, 0.3) is 5.91 Å². The number of hydrazine groups is 1. The molecule has 0 saturated carbocycles. The lowest BCUT2D eigenvalue weighted by Gasteiger charge is -2.18. The van der Waals surface area contributed by atoms with E-state index in [1.165, 1.54) is 12.1 Å². The lowest BCUT2D eigenvalue weighted by Crippen LogP contribution is -2.38. The number of carbonyl (C=O) groups is 1. The number of carbonyl (C=O) groups excluding carboxylic acids is 1. The Morgan fingerprint density at radius 3 is 2.69 bits per heavy atom. The standard InChI is InChI=1S/C23H20BrF3N6O2/c24-17-13-30-33-20(12-18(31-21(17)33)16-7-1-2-8-19(16)34)29-9-4-10-32(28)22(35)14-5-3-6-15(11-14)23(25,26)27/h1-3,5-8,11-13,29,34H,4,9-10,28H2. The topological polar surface area (TPSA) is 109 Å². The van der Waals surface area contributed by atoms with E-state index in [2.05, 4.69) is 31.3 Å². The molecule has 1 amide bonds. The van der Waals surface area contributed by atoms with Gasteiger partial charge in [0.1, 0.15) is 11.6 Å². The molecular formula is C23H20BrF3N6O2. The second-order valence-electron chi connectivity index (χ2n) is 7.63. The molecule has 0 fully saturated rings. The molecule has 8 nitrogen and oxygen atoms in total. The number of phenols is 1. The summed E-state index contributed by atoms with van der Waals surface area (Å²) in [6.45, 7) is 0.478. The van der Waals surface area contributed by atoms with Crippen LogP contribution in [0.4, 0.5) is 19.0 Å². The van der Waals surface area contributed by atoms with E-state index in [0.29, 0.717) is 40.2 Å². The number of hydrogen-bond acceptors (Lipinski definition) is 6. The molecule has 4 rings (SSSR count). The first-order valence-corrected chi connectivity index (χ1v) is 11.2. The maximum atomic E-state index is 12.9. The zero-order chi connectivity index (χ0) is 25.2. The Labute approximate surface area is 206 Å². The average molecular weight is 549 g/mol. The van der Waals surface area contributed by atoms with Gasteiger partial charge in [0.05, 0.1) is 21.9 Å². The largest absolute Gasteiger partial charge is 0.507 e. The molecule has 0 aliphatic rings. The second kappa shape index (κ2) is 9.92. The Kier molecular flexibility index (Phi) is 6.94. The third-order valence-electron chi connectivity index (χ3n) is 5.19. The number of phenolic OH excluding ortho intramolecular Hbond substituents is 1. The van der Waals surface area contributed by atoms with Crippen LogP contribution >= 0.6 is 15.9 Å². The van der Waals surface area contributed by atoms with Gasteiger partial charge in [0.15, 0.2) is 5.65 Å².